The number of rotatable bonds is 5. The molecule has 1 amide bonds. The molecule has 1 aromatic heterocycles. The summed E-state index contributed by atoms with van der Waals surface area (Å²) in [5.74, 6) is 0.0638. The number of furan rings is 1. The molecule has 0 bridgehead atoms. The number of aryl methyl sites for hydroxylation is 1. The van der Waals surface area contributed by atoms with Crippen LogP contribution in [0.25, 0.3) is 0 Å². The predicted octanol–water partition coefficient (Wildman–Crippen LogP) is 2.79. The van der Waals surface area contributed by atoms with Crippen LogP contribution in [-0.2, 0) is 12.0 Å². The number of hydrogen-bond acceptors (Lipinski definition) is 6. The lowest BCUT2D eigenvalue weighted by molar-refractivity contribution is 0.0966. The van der Waals surface area contributed by atoms with Crippen LogP contribution in [0.5, 0.6) is 0 Å². The number of benzene rings is 1. The molecule has 2 aromatic carbocycles. The van der Waals surface area contributed by atoms with Crippen LogP contribution < -0.4 is 26.8 Å². The average Bonchev–Trinajstić information content (AvgIpc) is 3.31. The predicted molar refractivity (Wildman–Crippen MR) is 116 cm³/mol. The van der Waals surface area contributed by atoms with Crippen LogP contribution >= 0.6 is 0 Å². The third kappa shape index (κ3) is 3.15. The number of carbonyl (C=O) groups is 1. The summed E-state index contributed by atoms with van der Waals surface area (Å²) in [6.07, 6.45) is 0. The second-order valence-corrected chi connectivity index (χ2v) is 8.76. The van der Waals surface area contributed by atoms with Crippen LogP contribution in [0.15, 0.2) is 38.3 Å². The third-order valence-corrected chi connectivity index (χ3v) is 5.71. The molecular weight excluding hydrogens is 400 g/mol. The van der Waals surface area contributed by atoms with Gasteiger partial charge in [0.05, 0.1) is 16.7 Å². The van der Waals surface area contributed by atoms with Gasteiger partial charge in [-0.1, -0.05) is 20.8 Å². The van der Waals surface area contributed by atoms with E-state index < -0.39 is 33.4 Å². The molecule has 31 heavy (non-hydrogen) atoms. The highest BCUT2D eigenvalue weighted by Gasteiger charge is 2.43. The molecule has 4 rings (SSSR count). The SMILES string of the molecule is [B]C(Nc1c(Nc2ccc(F)c3c2C(=O)NC3)c(=O)c1=O)(c1ccc(C)o1)C(C)(C)C. The van der Waals surface area contributed by atoms with Gasteiger partial charge in [0.1, 0.15) is 36.6 Å². The van der Waals surface area contributed by atoms with E-state index in [1.54, 1.807) is 19.1 Å². The summed E-state index contributed by atoms with van der Waals surface area (Å²) in [5.41, 5.74) is -2.96. The Morgan fingerprint density at radius 3 is 2.35 bits per heavy atom. The van der Waals surface area contributed by atoms with Gasteiger partial charge in [0.2, 0.25) is 0 Å². The van der Waals surface area contributed by atoms with E-state index >= 15 is 0 Å². The zero-order valence-corrected chi connectivity index (χ0v) is 17.6. The fraction of sp³-hybridized carbons (Fsp3) is 0.318. The van der Waals surface area contributed by atoms with Gasteiger partial charge >= 0.3 is 0 Å². The molecule has 1 aliphatic rings. The second-order valence-electron chi connectivity index (χ2n) is 8.76. The number of fused-ring (bicyclic) bond motifs is 1. The van der Waals surface area contributed by atoms with Gasteiger partial charge in [-0.3, -0.25) is 14.4 Å². The Balaban J connectivity index is 1.75. The zero-order chi connectivity index (χ0) is 22.7. The van der Waals surface area contributed by atoms with Gasteiger partial charge in [0.25, 0.3) is 16.8 Å². The molecule has 0 saturated carbocycles. The van der Waals surface area contributed by atoms with E-state index in [1.807, 2.05) is 20.8 Å². The Bertz CT molecular complexity index is 1280. The molecule has 3 N–H and O–H groups in total. The molecule has 2 heterocycles. The summed E-state index contributed by atoms with van der Waals surface area (Å²) >= 11 is 0. The smallest absolute Gasteiger partial charge is 0.254 e. The first-order chi connectivity index (χ1) is 14.4. The van der Waals surface area contributed by atoms with E-state index in [0.717, 1.165) is 0 Å². The van der Waals surface area contributed by atoms with Gasteiger partial charge < -0.3 is 20.4 Å². The lowest BCUT2D eigenvalue weighted by atomic mass is 9.59. The van der Waals surface area contributed by atoms with E-state index in [0.29, 0.717) is 11.5 Å². The number of nitrogens with one attached hydrogen (secondary N) is 3. The van der Waals surface area contributed by atoms with Crippen LogP contribution in [0, 0.1) is 18.2 Å². The molecule has 0 saturated heterocycles. The van der Waals surface area contributed by atoms with Gasteiger partial charge in [-0.15, -0.1) is 0 Å². The number of halogens is 1. The molecule has 1 aliphatic heterocycles. The maximum Gasteiger partial charge on any atom is 0.254 e. The maximum absolute atomic E-state index is 14.0. The summed E-state index contributed by atoms with van der Waals surface area (Å²) in [6.45, 7) is 7.44. The van der Waals surface area contributed by atoms with Crippen LogP contribution in [0.3, 0.4) is 0 Å². The first-order valence-corrected chi connectivity index (χ1v) is 9.78. The molecule has 1 unspecified atom stereocenters. The van der Waals surface area contributed by atoms with Gasteiger partial charge in [-0.05, 0) is 36.6 Å². The first kappa shape index (κ1) is 20.9. The zero-order valence-electron chi connectivity index (χ0n) is 17.6. The number of amides is 1. The Morgan fingerprint density at radius 2 is 1.74 bits per heavy atom. The monoisotopic (exact) mass is 421 g/mol. The van der Waals surface area contributed by atoms with Crippen molar-refractivity contribution in [2.75, 3.05) is 10.6 Å². The fourth-order valence-corrected chi connectivity index (χ4v) is 3.64. The van der Waals surface area contributed by atoms with E-state index in [9.17, 15) is 18.8 Å². The van der Waals surface area contributed by atoms with Crippen LogP contribution in [0.4, 0.5) is 21.5 Å². The minimum absolute atomic E-state index is 0.0204. The summed E-state index contributed by atoms with van der Waals surface area (Å²) in [4.78, 5) is 36.9. The lowest BCUT2D eigenvalue weighted by Crippen LogP contribution is -2.51. The van der Waals surface area contributed by atoms with Gasteiger partial charge in [0.15, 0.2) is 0 Å². The van der Waals surface area contributed by atoms with E-state index in [-0.39, 0.29) is 34.7 Å². The topological polar surface area (TPSA) is 100 Å². The standard InChI is InChI=1S/C22H21BFN3O4/c1-10-5-8-14(31-10)22(23,21(2,3)4)27-17-16(18(28)19(17)29)26-13-7-6-12(24)11-9-25-20(30)15(11)13/h5-8,26-27H,9H2,1-4H3,(H,25,30). The average molecular weight is 421 g/mol. The minimum atomic E-state index is -1.32. The van der Waals surface area contributed by atoms with Crippen molar-refractivity contribution in [2.45, 2.75) is 39.7 Å². The maximum atomic E-state index is 14.0. The molecule has 3 aromatic rings. The molecule has 0 aliphatic carbocycles. The van der Waals surface area contributed by atoms with Crippen molar-refractivity contribution >= 4 is 30.8 Å². The summed E-state index contributed by atoms with van der Waals surface area (Å²) in [5, 5.41) is 8.38. The molecule has 0 spiro atoms. The van der Waals surface area contributed by atoms with Crippen LogP contribution in [0.1, 0.15) is 48.2 Å². The van der Waals surface area contributed by atoms with E-state index in [4.69, 9.17) is 12.3 Å². The van der Waals surface area contributed by atoms with Gasteiger partial charge in [-0.2, -0.15) is 0 Å². The molecular formula is C22H21BFN3O4. The fourth-order valence-electron chi connectivity index (χ4n) is 3.64. The van der Waals surface area contributed by atoms with Crippen LogP contribution in [-0.4, -0.2) is 13.8 Å². The quantitative estimate of drug-likeness (QED) is 0.433. The number of carbonyl (C=O) groups excluding carboxylic acids is 1. The van der Waals surface area contributed by atoms with Crippen molar-refractivity contribution in [2.24, 2.45) is 5.41 Å². The highest BCUT2D eigenvalue weighted by atomic mass is 19.1. The van der Waals surface area contributed by atoms with Crippen molar-refractivity contribution in [3.63, 3.8) is 0 Å². The highest BCUT2D eigenvalue weighted by Crippen LogP contribution is 2.41. The van der Waals surface area contributed by atoms with Crippen molar-refractivity contribution < 1.29 is 13.6 Å². The summed E-state index contributed by atoms with van der Waals surface area (Å²) < 4.78 is 19.8. The Hall–Kier alpha value is -3.36. The van der Waals surface area contributed by atoms with E-state index in [2.05, 4.69) is 16.0 Å². The Morgan fingerprint density at radius 1 is 1.06 bits per heavy atom. The Labute approximate surface area is 179 Å². The molecule has 7 nitrogen and oxygen atoms in total. The largest absolute Gasteiger partial charge is 0.465 e. The van der Waals surface area contributed by atoms with Crippen molar-refractivity contribution in [1.82, 2.24) is 5.32 Å². The molecule has 2 radical (unpaired) electrons. The third-order valence-electron chi connectivity index (χ3n) is 5.71. The highest BCUT2D eigenvalue weighted by molar-refractivity contribution is 6.18. The second kappa shape index (κ2) is 6.83. The summed E-state index contributed by atoms with van der Waals surface area (Å²) in [6, 6.07) is 6.03. The summed E-state index contributed by atoms with van der Waals surface area (Å²) in [7, 11) is 6.67. The van der Waals surface area contributed by atoms with Gasteiger partial charge in [-0.25, -0.2) is 4.39 Å². The molecule has 9 heteroatoms. The molecule has 0 fully saturated rings. The number of anilines is 3. The molecule has 158 valence electrons. The van der Waals surface area contributed by atoms with E-state index in [1.165, 1.54) is 12.1 Å². The lowest BCUT2D eigenvalue weighted by Gasteiger charge is -2.43. The Kier molecular flexibility index (Phi) is 4.61. The minimum Gasteiger partial charge on any atom is -0.465 e. The van der Waals surface area contributed by atoms with Crippen molar-refractivity contribution in [3.8, 4) is 0 Å². The number of hydrogen-bond donors (Lipinski definition) is 3. The van der Waals surface area contributed by atoms with Gasteiger partial charge in [0, 0.05) is 12.1 Å². The van der Waals surface area contributed by atoms with Crippen molar-refractivity contribution in [1.29, 1.82) is 0 Å². The normalized spacial score (nSPS) is 15.5. The van der Waals surface area contributed by atoms with Crippen molar-refractivity contribution in [3.05, 3.63) is 73.2 Å². The first-order valence-electron chi connectivity index (χ1n) is 9.78. The van der Waals surface area contributed by atoms with Crippen LogP contribution in [0.2, 0.25) is 0 Å². The molecule has 1 atom stereocenters.